The third-order valence-electron chi connectivity index (χ3n) is 3.29. The van der Waals surface area contributed by atoms with Crippen molar-refractivity contribution < 1.29 is 4.74 Å². The standard InChI is InChI=1S/C9H12O.C7H14/c1-8-4-3-5-9(6-8)7-10-2;1-7-5-3-2-4-6-7/h3-6H,7H2,1-2H3;7H,2-6H2,1H3. The molecule has 0 aromatic heterocycles. The molecule has 96 valence electrons. The van der Waals surface area contributed by atoms with Crippen LogP contribution in [-0.2, 0) is 11.3 Å². The van der Waals surface area contributed by atoms with E-state index in [1.54, 1.807) is 7.11 Å². The summed E-state index contributed by atoms with van der Waals surface area (Å²) in [5.74, 6) is 1.04. The molecular weight excluding hydrogens is 208 g/mol. The third kappa shape index (κ3) is 6.48. The average Bonchev–Trinajstić information content (AvgIpc) is 2.31. The summed E-state index contributed by atoms with van der Waals surface area (Å²) in [6, 6.07) is 8.32. The summed E-state index contributed by atoms with van der Waals surface area (Å²) in [6.45, 7) is 5.15. The Hall–Kier alpha value is -0.820. The van der Waals surface area contributed by atoms with Crippen LogP contribution < -0.4 is 0 Å². The Kier molecular flexibility index (Phi) is 6.95. The van der Waals surface area contributed by atoms with E-state index in [9.17, 15) is 0 Å². The number of hydrogen-bond acceptors (Lipinski definition) is 1. The van der Waals surface area contributed by atoms with Crippen molar-refractivity contribution in [3.8, 4) is 0 Å². The Morgan fingerprint density at radius 2 is 1.88 bits per heavy atom. The first kappa shape index (κ1) is 14.2. The molecule has 1 fully saturated rings. The van der Waals surface area contributed by atoms with Crippen LogP contribution in [0.2, 0.25) is 0 Å². The smallest absolute Gasteiger partial charge is 0.0713 e. The SMILES string of the molecule is CC1CCCCC1.COCc1cccc(C)c1. The topological polar surface area (TPSA) is 9.23 Å². The van der Waals surface area contributed by atoms with Crippen LogP contribution in [0.25, 0.3) is 0 Å². The zero-order valence-electron chi connectivity index (χ0n) is 11.5. The van der Waals surface area contributed by atoms with Crippen LogP contribution in [0, 0.1) is 12.8 Å². The molecule has 0 saturated heterocycles. The lowest BCUT2D eigenvalue weighted by Gasteiger charge is -2.15. The number of benzene rings is 1. The van der Waals surface area contributed by atoms with Crippen LogP contribution >= 0.6 is 0 Å². The fourth-order valence-corrected chi connectivity index (χ4v) is 2.28. The summed E-state index contributed by atoms with van der Waals surface area (Å²) in [4.78, 5) is 0. The van der Waals surface area contributed by atoms with Gasteiger partial charge < -0.3 is 4.74 Å². The largest absolute Gasteiger partial charge is 0.380 e. The van der Waals surface area contributed by atoms with E-state index in [0.29, 0.717) is 6.61 Å². The second-order valence-electron chi connectivity index (χ2n) is 5.17. The molecule has 0 radical (unpaired) electrons. The first-order valence-corrected chi connectivity index (χ1v) is 6.77. The van der Waals surface area contributed by atoms with E-state index in [2.05, 4.69) is 32.0 Å². The van der Waals surface area contributed by atoms with Gasteiger partial charge in [0.15, 0.2) is 0 Å². The van der Waals surface area contributed by atoms with Gasteiger partial charge in [-0.05, 0) is 18.4 Å². The zero-order valence-corrected chi connectivity index (χ0v) is 11.5. The summed E-state index contributed by atoms with van der Waals surface area (Å²) < 4.78 is 4.98. The van der Waals surface area contributed by atoms with Gasteiger partial charge in [0.1, 0.15) is 0 Å². The van der Waals surface area contributed by atoms with Crippen molar-refractivity contribution in [3.05, 3.63) is 35.4 Å². The minimum Gasteiger partial charge on any atom is -0.380 e. The van der Waals surface area contributed by atoms with Gasteiger partial charge in [-0.1, -0.05) is 68.9 Å². The molecule has 0 bridgehead atoms. The maximum absolute atomic E-state index is 4.98. The number of rotatable bonds is 2. The number of ether oxygens (including phenoxy) is 1. The molecule has 1 nitrogen and oxygen atoms in total. The molecule has 0 aliphatic heterocycles. The second kappa shape index (κ2) is 8.30. The maximum atomic E-state index is 4.98. The summed E-state index contributed by atoms with van der Waals surface area (Å²) in [6.07, 6.45) is 7.44. The lowest BCUT2D eigenvalue weighted by molar-refractivity contribution is 0.185. The molecule has 1 heteroatoms. The summed E-state index contributed by atoms with van der Waals surface area (Å²) in [5.41, 5.74) is 2.53. The first-order valence-electron chi connectivity index (χ1n) is 6.77. The minimum atomic E-state index is 0.710. The molecule has 17 heavy (non-hydrogen) atoms. The predicted molar refractivity (Wildman–Crippen MR) is 74.1 cm³/mol. The highest BCUT2D eigenvalue weighted by Gasteiger charge is 2.05. The summed E-state index contributed by atoms with van der Waals surface area (Å²) in [7, 11) is 1.71. The molecule has 0 heterocycles. The number of aryl methyl sites for hydroxylation is 1. The fraction of sp³-hybridized carbons (Fsp3) is 0.625. The van der Waals surface area contributed by atoms with Gasteiger partial charge in [-0.2, -0.15) is 0 Å². The van der Waals surface area contributed by atoms with Crippen LogP contribution in [0.4, 0.5) is 0 Å². The van der Waals surface area contributed by atoms with E-state index in [1.165, 1.54) is 43.2 Å². The van der Waals surface area contributed by atoms with E-state index in [1.807, 2.05) is 6.07 Å². The van der Waals surface area contributed by atoms with Crippen LogP contribution in [0.15, 0.2) is 24.3 Å². The zero-order chi connectivity index (χ0) is 12.5. The summed E-state index contributed by atoms with van der Waals surface area (Å²) in [5, 5.41) is 0. The lowest BCUT2D eigenvalue weighted by atomic mass is 9.91. The van der Waals surface area contributed by atoms with Gasteiger partial charge in [0.25, 0.3) is 0 Å². The molecule has 1 aromatic rings. The van der Waals surface area contributed by atoms with Crippen LogP contribution in [0.1, 0.15) is 50.2 Å². The van der Waals surface area contributed by atoms with Crippen LogP contribution in [0.3, 0.4) is 0 Å². The highest BCUT2D eigenvalue weighted by Crippen LogP contribution is 2.22. The summed E-state index contributed by atoms with van der Waals surface area (Å²) >= 11 is 0. The van der Waals surface area contributed by atoms with Crippen molar-refractivity contribution in [2.75, 3.05) is 7.11 Å². The van der Waals surface area contributed by atoms with E-state index in [0.717, 1.165) is 5.92 Å². The Labute approximate surface area is 106 Å². The molecule has 0 spiro atoms. The Bertz CT molecular complexity index is 300. The minimum absolute atomic E-state index is 0.710. The van der Waals surface area contributed by atoms with Crippen molar-refractivity contribution in [1.29, 1.82) is 0 Å². The third-order valence-corrected chi connectivity index (χ3v) is 3.29. The Morgan fingerprint density at radius 1 is 1.18 bits per heavy atom. The highest BCUT2D eigenvalue weighted by atomic mass is 16.5. The van der Waals surface area contributed by atoms with Crippen molar-refractivity contribution >= 4 is 0 Å². The number of methoxy groups -OCH3 is 1. The molecule has 1 aromatic carbocycles. The Balaban J connectivity index is 0.000000181. The van der Waals surface area contributed by atoms with Gasteiger partial charge in [-0.3, -0.25) is 0 Å². The van der Waals surface area contributed by atoms with Gasteiger partial charge in [0.05, 0.1) is 6.61 Å². The van der Waals surface area contributed by atoms with E-state index < -0.39 is 0 Å². The van der Waals surface area contributed by atoms with Gasteiger partial charge in [0.2, 0.25) is 0 Å². The van der Waals surface area contributed by atoms with Crippen molar-refractivity contribution in [2.45, 2.75) is 52.6 Å². The number of hydrogen-bond donors (Lipinski definition) is 0. The molecule has 0 amide bonds. The average molecular weight is 234 g/mol. The molecule has 1 aliphatic carbocycles. The molecular formula is C16H26O. The van der Waals surface area contributed by atoms with E-state index in [4.69, 9.17) is 4.74 Å². The van der Waals surface area contributed by atoms with Crippen molar-refractivity contribution in [2.24, 2.45) is 5.92 Å². The van der Waals surface area contributed by atoms with E-state index in [-0.39, 0.29) is 0 Å². The molecule has 0 unspecified atom stereocenters. The van der Waals surface area contributed by atoms with Crippen molar-refractivity contribution in [1.82, 2.24) is 0 Å². The molecule has 1 aliphatic rings. The lowest BCUT2D eigenvalue weighted by Crippen LogP contribution is -1.99. The monoisotopic (exact) mass is 234 g/mol. The molecule has 2 rings (SSSR count). The fourth-order valence-electron chi connectivity index (χ4n) is 2.28. The Morgan fingerprint density at radius 3 is 2.35 bits per heavy atom. The molecule has 0 N–H and O–H groups in total. The highest BCUT2D eigenvalue weighted by molar-refractivity contribution is 5.21. The maximum Gasteiger partial charge on any atom is 0.0713 e. The van der Waals surface area contributed by atoms with Crippen LogP contribution in [0.5, 0.6) is 0 Å². The first-order chi connectivity index (χ1) is 8.22. The second-order valence-corrected chi connectivity index (χ2v) is 5.17. The van der Waals surface area contributed by atoms with Gasteiger partial charge in [-0.15, -0.1) is 0 Å². The van der Waals surface area contributed by atoms with Gasteiger partial charge in [-0.25, -0.2) is 0 Å². The van der Waals surface area contributed by atoms with E-state index >= 15 is 0 Å². The normalized spacial score (nSPS) is 16.2. The van der Waals surface area contributed by atoms with Gasteiger partial charge in [0, 0.05) is 7.11 Å². The predicted octanol–water partition coefficient (Wildman–Crippen LogP) is 4.73. The quantitative estimate of drug-likeness (QED) is 0.719. The van der Waals surface area contributed by atoms with Crippen LogP contribution in [-0.4, -0.2) is 7.11 Å². The van der Waals surface area contributed by atoms with Gasteiger partial charge >= 0.3 is 0 Å². The molecule has 1 saturated carbocycles. The van der Waals surface area contributed by atoms with Crippen molar-refractivity contribution in [3.63, 3.8) is 0 Å². The molecule has 0 atom stereocenters.